The van der Waals surface area contributed by atoms with Gasteiger partial charge < -0.3 is 27.2 Å². The van der Waals surface area contributed by atoms with Crippen LogP contribution in [0.4, 0.5) is 27.9 Å². The number of carbonyl (C=O) groups is 3. The SMILES string of the molecule is Nc1nc(N)c(NC(=O)Nc2ccc(C(=O)NC(C(=O)O)C3CCCCC3)nc2)c(=O)[nH]1. The Labute approximate surface area is 182 Å². The molecule has 1 aliphatic rings. The van der Waals surface area contributed by atoms with Crippen LogP contribution >= 0.6 is 0 Å². The van der Waals surface area contributed by atoms with E-state index in [2.05, 4.69) is 30.9 Å². The highest BCUT2D eigenvalue weighted by molar-refractivity contribution is 6.01. The van der Waals surface area contributed by atoms with Gasteiger partial charge in [-0.25, -0.2) is 14.6 Å². The lowest BCUT2D eigenvalue weighted by molar-refractivity contribution is -0.141. The van der Waals surface area contributed by atoms with Crippen LogP contribution in [0.5, 0.6) is 0 Å². The summed E-state index contributed by atoms with van der Waals surface area (Å²) < 4.78 is 0. The van der Waals surface area contributed by atoms with Gasteiger partial charge >= 0.3 is 12.0 Å². The molecule has 0 bridgehead atoms. The summed E-state index contributed by atoms with van der Waals surface area (Å²) >= 11 is 0. The molecular formula is C19H24N8O5. The van der Waals surface area contributed by atoms with E-state index >= 15 is 0 Å². The smallest absolute Gasteiger partial charge is 0.326 e. The topological polar surface area (TPSA) is 218 Å². The highest BCUT2D eigenvalue weighted by Gasteiger charge is 2.31. The number of carbonyl (C=O) groups excluding carboxylic acids is 2. The first-order chi connectivity index (χ1) is 15.2. The fourth-order valence-electron chi connectivity index (χ4n) is 3.57. The molecule has 2 aromatic rings. The first kappa shape index (κ1) is 22.5. The molecule has 170 valence electrons. The monoisotopic (exact) mass is 444 g/mol. The van der Waals surface area contributed by atoms with Crippen LogP contribution in [-0.2, 0) is 4.79 Å². The predicted molar refractivity (Wildman–Crippen MR) is 116 cm³/mol. The number of amides is 3. The molecule has 0 radical (unpaired) electrons. The van der Waals surface area contributed by atoms with Crippen molar-refractivity contribution in [1.29, 1.82) is 0 Å². The third kappa shape index (κ3) is 5.50. The summed E-state index contributed by atoms with van der Waals surface area (Å²) in [6.07, 6.45) is 5.67. The fourth-order valence-corrected chi connectivity index (χ4v) is 3.57. The Morgan fingerprint density at radius 3 is 2.44 bits per heavy atom. The van der Waals surface area contributed by atoms with Gasteiger partial charge in [-0.05, 0) is 30.9 Å². The average molecular weight is 444 g/mol. The molecule has 1 atom stereocenters. The molecule has 0 saturated heterocycles. The number of nitrogens with two attached hydrogens (primary N) is 2. The number of aliphatic carboxylic acids is 1. The molecule has 1 aliphatic carbocycles. The van der Waals surface area contributed by atoms with Crippen molar-refractivity contribution in [3.63, 3.8) is 0 Å². The van der Waals surface area contributed by atoms with Crippen molar-refractivity contribution in [2.24, 2.45) is 5.92 Å². The average Bonchev–Trinajstić information content (AvgIpc) is 2.75. The number of nitrogens with zero attached hydrogens (tertiary/aromatic N) is 2. The normalized spacial score (nSPS) is 14.9. The van der Waals surface area contributed by atoms with Crippen LogP contribution in [0.3, 0.4) is 0 Å². The van der Waals surface area contributed by atoms with Crippen LogP contribution < -0.4 is 33.0 Å². The molecule has 0 aliphatic heterocycles. The maximum Gasteiger partial charge on any atom is 0.326 e. The molecule has 9 N–H and O–H groups in total. The molecule has 0 spiro atoms. The van der Waals surface area contributed by atoms with Crippen LogP contribution in [0.15, 0.2) is 23.1 Å². The number of nitrogen functional groups attached to an aromatic ring is 2. The van der Waals surface area contributed by atoms with E-state index in [-0.39, 0.29) is 34.8 Å². The Bertz CT molecular complexity index is 1060. The van der Waals surface area contributed by atoms with Gasteiger partial charge in [-0.1, -0.05) is 19.3 Å². The number of H-pyrrole nitrogens is 1. The van der Waals surface area contributed by atoms with Gasteiger partial charge in [0.2, 0.25) is 5.95 Å². The minimum absolute atomic E-state index is 0.00133. The summed E-state index contributed by atoms with van der Waals surface area (Å²) in [5, 5.41) is 16.7. The van der Waals surface area contributed by atoms with E-state index in [1.807, 2.05) is 0 Å². The second-order valence-electron chi connectivity index (χ2n) is 7.41. The lowest BCUT2D eigenvalue weighted by Gasteiger charge is -2.27. The number of pyridine rings is 1. The van der Waals surface area contributed by atoms with Gasteiger partial charge in [0.05, 0.1) is 11.9 Å². The largest absolute Gasteiger partial charge is 0.480 e. The Hall–Kier alpha value is -4.16. The van der Waals surface area contributed by atoms with Crippen molar-refractivity contribution in [3.8, 4) is 0 Å². The number of nitrogens with one attached hydrogen (secondary N) is 4. The van der Waals surface area contributed by atoms with E-state index in [0.717, 1.165) is 32.1 Å². The Morgan fingerprint density at radius 2 is 1.84 bits per heavy atom. The molecule has 2 heterocycles. The van der Waals surface area contributed by atoms with Crippen LogP contribution in [0.1, 0.15) is 42.6 Å². The molecule has 3 rings (SSSR count). The number of anilines is 4. The zero-order valence-electron chi connectivity index (χ0n) is 17.1. The first-order valence-electron chi connectivity index (χ1n) is 9.97. The number of urea groups is 1. The van der Waals surface area contributed by atoms with E-state index in [9.17, 15) is 24.3 Å². The van der Waals surface area contributed by atoms with Crippen LogP contribution in [-0.4, -0.2) is 44.0 Å². The first-order valence-corrected chi connectivity index (χ1v) is 9.97. The third-order valence-electron chi connectivity index (χ3n) is 5.13. The second kappa shape index (κ2) is 9.76. The van der Waals surface area contributed by atoms with Crippen molar-refractivity contribution in [3.05, 3.63) is 34.4 Å². The number of carboxylic acid groups (broad SMARTS) is 1. The molecular weight excluding hydrogens is 420 g/mol. The van der Waals surface area contributed by atoms with Crippen molar-refractivity contribution in [1.82, 2.24) is 20.3 Å². The maximum absolute atomic E-state index is 12.5. The predicted octanol–water partition coefficient (Wildman–Crippen LogP) is 0.737. The molecule has 1 unspecified atom stereocenters. The van der Waals surface area contributed by atoms with Crippen LogP contribution in [0, 0.1) is 5.92 Å². The van der Waals surface area contributed by atoms with Gasteiger partial charge in [-0.2, -0.15) is 4.98 Å². The summed E-state index contributed by atoms with van der Waals surface area (Å²) in [4.78, 5) is 57.9. The lowest BCUT2D eigenvalue weighted by atomic mass is 9.84. The minimum Gasteiger partial charge on any atom is -0.480 e. The number of rotatable bonds is 6. The van der Waals surface area contributed by atoms with E-state index in [1.165, 1.54) is 18.3 Å². The molecule has 2 aromatic heterocycles. The fraction of sp³-hybridized carbons (Fsp3) is 0.368. The van der Waals surface area contributed by atoms with E-state index in [0.29, 0.717) is 0 Å². The Kier molecular flexibility index (Phi) is 6.87. The van der Waals surface area contributed by atoms with Gasteiger partial charge in [-0.3, -0.25) is 19.9 Å². The van der Waals surface area contributed by atoms with Crippen molar-refractivity contribution in [2.45, 2.75) is 38.1 Å². The highest BCUT2D eigenvalue weighted by Crippen LogP contribution is 2.26. The summed E-state index contributed by atoms with van der Waals surface area (Å²) in [6, 6.07) is 0.977. The Balaban J connectivity index is 1.61. The minimum atomic E-state index is -1.08. The molecule has 3 amide bonds. The van der Waals surface area contributed by atoms with Crippen LogP contribution in [0.25, 0.3) is 0 Å². The van der Waals surface area contributed by atoms with Crippen molar-refractivity contribution in [2.75, 3.05) is 22.1 Å². The van der Waals surface area contributed by atoms with Gasteiger partial charge in [-0.15, -0.1) is 0 Å². The highest BCUT2D eigenvalue weighted by atomic mass is 16.4. The van der Waals surface area contributed by atoms with Crippen LogP contribution in [0.2, 0.25) is 0 Å². The van der Waals surface area contributed by atoms with Gasteiger partial charge in [0.25, 0.3) is 11.5 Å². The summed E-state index contributed by atoms with van der Waals surface area (Å²) in [5.41, 5.74) is 10.2. The standard InChI is InChI=1S/C19H24N8O5/c20-14-13(16(29)27-18(21)26-14)25-19(32)23-10-6-7-11(22-8-10)15(28)24-12(17(30)31)9-4-2-1-3-5-9/h6-9,12H,1-5H2,(H,24,28)(H,30,31)(H2,23,25,32)(H5,20,21,26,27,29). The second-order valence-corrected chi connectivity index (χ2v) is 7.41. The number of carboxylic acids is 1. The zero-order valence-corrected chi connectivity index (χ0v) is 17.1. The van der Waals surface area contributed by atoms with Gasteiger partial charge in [0.15, 0.2) is 11.5 Å². The summed E-state index contributed by atoms with van der Waals surface area (Å²) in [6.45, 7) is 0. The molecule has 32 heavy (non-hydrogen) atoms. The van der Waals surface area contributed by atoms with Gasteiger partial charge in [0, 0.05) is 0 Å². The summed E-state index contributed by atoms with van der Waals surface area (Å²) in [5.74, 6) is -2.26. The van der Waals surface area contributed by atoms with Gasteiger partial charge in [0.1, 0.15) is 11.7 Å². The molecule has 13 heteroatoms. The number of hydrogen-bond acceptors (Lipinski definition) is 8. The quantitative estimate of drug-likeness (QED) is 0.333. The summed E-state index contributed by atoms with van der Waals surface area (Å²) in [7, 11) is 0. The van der Waals surface area contributed by atoms with E-state index < -0.39 is 29.5 Å². The molecule has 1 saturated carbocycles. The van der Waals surface area contributed by atoms with Crippen molar-refractivity contribution >= 4 is 41.0 Å². The molecule has 1 fully saturated rings. The number of aromatic amines is 1. The van der Waals surface area contributed by atoms with E-state index in [1.54, 1.807) is 0 Å². The third-order valence-corrected chi connectivity index (χ3v) is 5.13. The molecule has 13 nitrogen and oxygen atoms in total. The number of hydrogen-bond donors (Lipinski definition) is 7. The van der Waals surface area contributed by atoms with E-state index in [4.69, 9.17) is 11.5 Å². The zero-order chi connectivity index (χ0) is 23.3. The lowest BCUT2D eigenvalue weighted by Crippen LogP contribution is -2.46. The Morgan fingerprint density at radius 1 is 1.12 bits per heavy atom. The molecule has 0 aromatic carbocycles. The van der Waals surface area contributed by atoms with Crippen molar-refractivity contribution < 1.29 is 19.5 Å². The number of aromatic nitrogens is 3. The maximum atomic E-state index is 12.5.